The van der Waals surface area contributed by atoms with Crippen molar-refractivity contribution in [2.24, 2.45) is 0 Å². The number of carboxylic acids is 1. The summed E-state index contributed by atoms with van der Waals surface area (Å²) < 4.78 is 0. The Kier molecular flexibility index (Phi) is 2.64. The third-order valence-electron chi connectivity index (χ3n) is 3.23. The molecule has 0 aliphatic carbocycles. The molecule has 1 aromatic heterocycles. The molecule has 0 saturated heterocycles. The summed E-state index contributed by atoms with van der Waals surface area (Å²) in [5.41, 5.74) is 1.56. The summed E-state index contributed by atoms with van der Waals surface area (Å²) >= 11 is 6.22. The second kappa shape index (κ2) is 4.21. The average Bonchev–Trinajstić information content (AvgIpc) is 2.37. The largest absolute Gasteiger partial charge is 0.478 e. The first-order chi connectivity index (χ1) is 9.09. The van der Waals surface area contributed by atoms with Crippen molar-refractivity contribution in [2.75, 3.05) is 0 Å². The van der Waals surface area contributed by atoms with Gasteiger partial charge >= 0.3 is 5.97 Å². The van der Waals surface area contributed by atoms with E-state index in [0.717, 1.165) is 10.8 Å². The predicted molar refractivity (Wildman–Crippen MR) is 76.0 cm³/mol. The van der Waals surface area contributed by atoms with Crippen LogP contribution in [0.1, 0.15) is 15.9 Å². The molecule has 94 valence electrons. The first-order valence-electron chi connectivity index (χ1n) is 5.79. The van der Waals surface area contributed by atoms with Gasteiger partial charge < -0.3 is 5.11 Å². The van der Waals surface area contributed by atoms with Gasteiger partial charge in [-0.15, -0.1) is 0 Å². The highest BCUT2D eigenvalue weighted by Gasteiger charge is 2.15. The maximum atomic E-state index is 11.4. The molecule has 3 aromatic rings. The van der Waals surface area contributed by atoms with E-state index < -0.39 is 5.97 Å². The Bertz CT molecular complexity index is 827. The molecule has 0 radical (unpaired) electrons. The van der Waals surface area contributed by atoms with E-state index in [4.69, 9.17) is 11.6 Å². The van der Waals surface area contributed by atoms with Gasteiger partial charge in [0.25, 0.3) is 0 Å². The molecule has 0 atom stereocenters. The van der Waals surface area contributed by atoms with Crippen molar-refractivity contribution in [3.8, 4) is 0 Å². The maximum Gasteiger partial charge on any atom is 0.336 e. The number of carboxylic acid groups (broad SMARTS) is 1. The first-order valence-corrected chi connectivity index (χ1v) is 6.17. The Morgan fingerprint density at radius 2 is 2.05 bits per heavy atom. The number of nitrogens with zero attached hydrogens (tertiary/aromatic N) is 1. The Hall–Kier alpha value is -2.13. The van der Waals surface area contributed by atoms with Crippen LogP contribution in [0.5, 0.6) is 0 Å². The average molecular weight is 272 g/mol. The Morgan fingerprint density at radius 1 is 1.26 bits per heavy atom. The van der Waals surface area contributed by atoms with Crippen molar-refractivity contribution >= 4 is 39.2 Å². The summed E-state index contributed by atoms with van der Waals surface area (Å²) in [5.74, 6) is -0.948. The molecule has 0 aliphatic rings. The first kappa shape index (κ1) is 11.9. The Balaban J connectivity index is 2.58. The number of benzene rings is 2. The van der Waals surface area contributed by atoms with Crippen LogP contribution in [0.25, 0.3) is 21.7 Å². The van der Waals surface area contributed by atoms with Crippen molar-refractivity contribution in [1.29, 1.82) is 0 Å². The van der Waals surface area contributed by atoms with E-state index in [1.807, 2.05) is 18.2 Å². The van der Waals surface area contributed by atoms with Crippen LogP contribution >= 0.6 is 11.6 Å². The Labute approximate surface area is 114 Å². The van der Waals surface area contributed by atoms with Gasteiger partial charge in [0.05, 0.1) is 16.1 Å². The monoisotopic (exact) mass is 271 g/mol. The van der Waals surface area contributed by atoms with Crippen molar-refractivity contribution in [3.63, 3.8) is 0 Å². The molecule has 19 heavy (non-hydrogen) atoms. The quantitative estimate of drug-likeness (QED) is 0.679. The summed E-state index contributed by atoms with van der Waals surface area (Å²) in [6.45, 7) is 1.74. The lowest BCUT2D eigenvalue weighted by Gasteiger charge is -2.09. The lowest BCUT2D eigenvalue weighted by atomic mass is 10.00. The van der Waals surface area contributed by atoms with Gasteiger partial charge in [-0.25, -0.2) is 4.79 Å². The second-order valence-electron chi connectivity index (χ2n) is 4.42. The maximum absolute atomic E-state index is 11.4. The van der Waals surface area contributed by atoms with Crippen LogP contribution in [-0.4, -0.2) is 16.1 Å². The third kappa shape index (κ3) is 1.74. The van der Waals surface area contributed by atoms with Gasteiger partial charge in [0.15, 0.2) is 0 Å². The van der Waals surface area contributed by atoms with E-state index in [9.17, 15) is 9.90 Å². The number of halogens is 1. The number of aromatic nitrogens is 1. The van der Waals surface area contributed by atoms with Crippen LogP contribution in [0, 0.1) is 6.92 Å². The zero-order valence-electron chi connectivity index (χ0n) is 10.1. The van der Waals surface area contributed by atoms with Gasteiger partial charge in [0, 0.05) is 17.0 Å². The zero-order chi connectivity index (χ0) is 13.6. The molecule has 0 spiro atoms. The van der Waals surface area contributed by atoms with Gasteiger partial charge in [0.2, 0.25) is 0 Å². The zero-order valence-corrected chi connectivity index (χ0v) is 10.9. The SMILES string of the molecule is Cc1cnc2c(ccc3cccc(Cl)c32)c1C(=O)O. The summed E-state index contributed by atoms with van der Waals surface area (Å²) in [4.78, 5) is 15.8. The molecule has 3 rings (SSSR count). The number of aromatic carboxylic acids is 1. The van der Waals surface area contributed by atoms with Crippen LogP contribution in [0.15, 0.2) is 36.5 Å². The fraction of sp³-hybridized carbons (Fsp3) is 0.0667. The number of hydrogen-bond acceptors (Lipinski definition) is 2. The van der Waals surface area contributed by atoms with Crippen molar-refractivity contribution in [3.05, 3.63) is 52.7 Å². The topological polar surface area (TPSA) is 50.2 Å². The fourth-order valence-corrected chi connectivity index (χ4v) is 2.65. The summed E-state index contributed by atoms with van der Waals surface area (Å²) in [7, 11) is 0. The molecule has 0 aliphatic heterocycles. The minimum absolute atomic E-state index is 0.284. The van der Waals surface area contributed by atoms with E-state index in [0.29, 0.717) is 21.5 Å². The highest BCUT2D eigenvalue weighted by atomic mass is 35.5. The number of hydrogen-bond donors (Lipinski definition) is 1. The van der Waals surface area contributed by atoms with Crippen LogP contribution in [-0.2, 0) is 0 Å². The van der Waals surface area contributed by atoms with Crippen molar-refractivity contribution in [1.82, 2.24) is 4.98 Å². The highest BCUT2D eigenvalue weighted by Crippen LogP contribution is 2.32. The van der Waals surface area contributed by atoms with E-state index in [-0.39, 0.29) is 5.56 Å². The third-order valence-corrected chi connectivity index (χ3v) is 3.55. The fourth-order valence-electron chi connectivity index (χ4n) is 2.37. The minimum Gasteiger partial charge on any atom is -0.478 e. The molecular weight excluding hydrogens is 262 g/mol. The van der Waals surface area contributed by atoms with Gasteiger partial charge in [-0.05, 0) is 23.9 Å². The smallest absolute Gasteiger partial charge is 0.336 e. The molecular formula is C15H10ClNO2. The predicted octanol–water partition coefficient (Wildman–Crippen LogP) is 4.05. The number of carbonyl (C=O) groups is 1. The second-order valence-corrected chi connectivity index (χ2v) is 4.83. The molecule has 3 nitrogen and oxygen atoms in total. The number of rotatable bonds is 1. The molecule has 0 unspecified atom stereocenters. The number of fused-ring (bicyclic) bond motifs is 3. The standard InChI is InChI=1S/C15H10ClNO2/c1-8-7-17-14-10(12(8)15(18)19)6-5-9-3-2-4-11(16)13(9)14/h2-7H,1H3,(H,18,19). The van der Waals surface area contributed by atoms with Crippen LogP contribution in [0.3, 0.4) is 0 Å². The van der Waals surface area contributed by atoms with Gasteiger partial charge in [-0.2, -0.15) is 0 Å². The lowest BCUT2D eigenvalue weighted by molar-refractivity contribution is 0.0698. The van der Waals surface area contributed by atoms with E-state index in [1.165, 1.54) is 0 Å². The van der Waals surface area contributed by atoms with E-state index in [2.05, 4.69) is 4.98 Å². The summed E-state index contributed by atoms with van der Waals surface area (Å²) in [5, 5.41) is 12.3. The highest BCUT2D eigenvalue weighted by molar-refractivity contribution is 6.37. The van der Waals surface area contributed by atoms with Gasteiger partial charge in [0.1, 0.15) is 0 Å². The molecule has 0 bridgehead atoms. The van der Waals surface area contributed by atoms with E-state index in [1.54, 1.807) is 25.3 Å². The molecule has 0 fully saturated rings. The van der Waals surface area contributed by atoms with Gasteiger partial charge in [-0.1, -0.05) is 35.9 Å². The van der Waals surface area contributed by atoms with E-state index >= 15 is 0 Å². The lowest BCUT2D eigenvalue weighted by Crippen LogP contribution is -2.02. The molecule has 0 amide bonds. The van der Waals surface area contributed by atoms with Crippen LogP contribution in [0.2, 0.25) is 5.02 Å². The molecule has 1 heterocycles. The molecule has 2 aromatic carbocycles. The molecule has 1 N–H and O–H groups in total. The molecule has 4 heteroatoms. The minimum atomic E-state index is -0.948. The molecule has 0 saturated carbocycles. The van der Waals surface area contributed by atoms with Gasteiger partial charge in [-0.3, -0.25) is 4.98 Å². The number of aryl methyl sites for hydroxylation is 1. The summed E-state index contributed by atoms with van der Waals surface area (Å²) in [6.07, 6.45) is 1.58. The van der Waals surface area contributed by atoms with Crippen LogP contribution in [0.4, 0.5) is 0 Å². The van der Waals surface area contributed by atoms with Crippen molar-refractivity contribution < 1.29 is 9.90 Å². The van der Waals surface area contributed by atoms with Crippen LogP contribution < -0.4 is 0 Å². The van der Waals surface area contributed by atoms with Crippen molar-refractivity contribution in [2.45, 2.75) is 6.92 Å². The number of pyridine rings is 1. The normalized spacial score (nSPS) is 11.1. The summed E-state index contributed by atoms with van der Waals surface area (Å²) in [6, 6.07) is 9.24. The Morgan fingerprint density at radius 3 is 2.79 bits per heavy atom.